The molecule has 0 radical (unpaired) electrons. The van der Waals surface area contributed by atoms with Crippen molar-refractivity contribution in [3.63, 3.8) is 0 Å². The van der Waals surface area contributed by atoms with Crippen molar-refractivity contribution in [3.05, 3.63) is 100 Å². The largest absolute Gasteiger partial charge is 1.00 e. The number of benzene rings is 2. The predicted octanol–water partition coefficient (Wildman–Crippen LogP) is 4.02. The fourth-order valence-corrected chi connectivity index (χ4v) is 5.15. The van der Waals surface area contributed by atoms with E-state index in [2.05, 4.69) is 78.8 Å². The summed E-state index contributed by atoms with van der Waals surface area (Å²) in [4.78, 5) is 15.9. The summed E-state index contributed by atoms with van der Waals surface area (Å²) in [5.41, 5.74) is 4.75. The summed E-state index contributed by atoms with van der Waals surface area (Å²) >= 11 is 1.60. The number of aromatic nitrogens is 1. The van der Waals surface area contributed by atoms with Gasteiger partial charge in [0.25, 0.3) is 0 Å². The van der Waals surface area contributed by atoms with Gasteiger partial charge in [0.1, 0.15) is 24.7 Å². The Balaban J connectivity index is 0.00000400. The van der Waals surface area contributed by atoms with Crippen molar-refractivity contribution in [1.82, 2.24) is 4.98 Å². The number of hydrogen-bond donors (Lipinski definition) is 0. The van der Waals surface area contributed by atoms with Gasteiger partial charge < -0.3 is 19.4 Å². The molecular weight excluding hydrogens is 505 g/mol. The van der Waals surface area contributed by atoms with E-state index >= 15 is 0 Å². The van der Waals surface area contributed by atoms with Crippen LogP contribution >= 0.6 is 11.3 Å². The number of rotatable bonds is 13. The van der Waals surface area contributed by atoms with Crippen molar-refractivity contribution in [2.45, 2.75) is 58.7 Å². The number of pyridine rings is 1. The zero-order chi connectivity index (χ0) is 26.0. The van der Waals surface area contributed by atoms with Gasteiger partial charge in [0.2, 0.25) is 0 Å². The molecule has 0 unspecified atom stereocenters. The van der Waals surface area contributed by atoms with Gasteiger partial charge in [-0.2, -0.15) is 0 Å². The molecule has 38 heavy (non-hydrogen) atoms. The van der Waals surface area contributed by atoms with Crippen LogP contribution in [0.5, 0.6) is 11.5 Å². The maximum Gasteiger partial charge on any atom is 1.00 e. The van der Waals surface area contributed by atoms with Gasteiger partial charge in [-0.1, -0.05) is 63.1 Å². The molecule has 0 aliphatic heterocycles. The van der Waals surface area contributed by atoms with Crippen LogP contribution in [0, 0.1) is 0 Å². The molecule has 0 saturated carbocycles. The van der Waals surface area contributed by atoms with Crippen LogP contribution in [0.25, 0.3) is 11.1 Å². The Morgan fingerprint density at radius 3 is 2.21 bits per heavy atom. The van der Waals surface area contributed by atoms with E-state index in [9.17, 15) is 9.90 Å². The number of carbonyl (C=O) groups excluding carboxylic acids is 1. The van der Waals surface area contributed by atoms with Crippen molar-refractivity contribution >= 4 is 17.3 Å². The molecule has 0 amide bonds. The Morgan fingerprint density at radius 1 is 0.868 bits per heavy atom. The van der Waals surface area contributed by atoms with Crippen LogP contribution in [0.1, 0.15) is 71.8 Å². The summed E-state index contributed by atoms with van der Waals surface area (Å²) in [5.74, 6) is 0.657. The fraction of sp³-hybridized carbons (Fsp3) is 0.290. The zero-order valence-corrected chi connectivity index (χ0v) is 25.1. The number of carboxylic acid groups (broad SMARTS) is 1. The van der Waals surface area contributed by atoms with Gasteiger partial charge in [-0.05, 0) is 70.7 Å². The number of hydrogen-bond acceptors (Lipinski definition) is 6. The van der Waals surface area contributed by atoms with Gasteiger partial charge in [-0.3, -0.25) is 4.98 Å². The number of carboxylic acids is 1. The number of nitrogens with zero attached hydrogens (tertiary/aromatic N) is 1. The van der Waals surface area contributed by atoms with Crippen molar-refractivity contribution < 1.29 is 48.9 Å². The van der Waals surface area contributed by atoms with Crippen LogP contribution in [0.3, 0.4) is 0 Å². The van der Waals surface area contributed by atoms with E-state index in [4.69, 9.17) is 9.47 Å². The van der Waals surface area contributed by atoms with E-state index in [0.717, 1.165) is 27.3 Å². The minimum absolute atomic E-state index is 0. The minimum atomic E-state index is -1.27. The topological polar surface area (TPSA) is 71.5 Å². The first-order chi connectivity index (χ1) is 18.1. The average molecular weight is 538 g/mol. The maximum atomic E-state index is 11.0. The van der Waals surface area contributed by atoms with E-state index in [1.807, 2.05) is 0 Å². The summed E-state index contributed by atoms with van der Waals surface area (Å²) in [7, 11) is 0. The second kappa shape index (κ2) is 15.1. The minimum Gasteiger partial charge on any atom is -0.545 e. The van der Waals surface area contributed by atoms with E-state index < -0.39 is 5.97 Å². The van der Waals surface area contributed by atoms with E-state index in [-0.39, 0.29) is 35.1 Å². The van der Waals surface area contributed by atoms with Crippen molar-refractivity contribution in [1.29, 1.82) is 0 Å². The normalized spacial score (nSPS) is 10.7. The van der Waals surface area contributed by atoms with Gasteiger partial charge >= 0.3 is 29.6 Å². The molecule has 0 spiro atoms. The number of thiophene rings is 1. The molecule has 2 aromatic heterocycles. The molecule has 0 aliphatic rings. The van der Waals surface area contributed by atoms with Gasteiger partial charge in [-0.25, -0.2) is 0 Å². The van der Waals surface area contributed by atoms with Crippen LogP contribution in [0.2, 0.25) is 0 Å². The first kappa shape index (κ1) is 29.9. The predicted molar refractivity (Wildman–Crippen MR) is 146 cm³/mol. The quantitative estimate of drug-likeness (QED) is 0.241. The summed E-state index contributed by atoms with van der Waals surface area (Å²) in [6.45, 7) is 5.36. The van der Waals surface area contributed by atoms with Crippen LogP contribution in [-0.2, 0) is 13.2 Å². The first-order valence-corrected chi connectivity index (χ1v) is 13.6. The molecule has 0 bridgehead atoms. The van der Waals surface area contributed by atoms with Crippen molar-refractivity contribution in [2.24, 2.45) is 0 Å². The fourth-order valence-electron chi connectivity index (χ4n) is 4.34. The second-order valence-electron chi connectivity index (χ2n) is 9.12. The molecule has 4 rings (SSSR count). The standard InChI is InChI=1S/C31H33NO4S.Na/c1-3-5-23(6-4-2)24-11-13-28(14-12-24)35-19-22-7-9-25(10-8-22)27-16-30(37-21-27)20-36-29-15-26(31(33)34)17-32-18-29;/h7-18,21,23H,3-6,19-20H2,1-2H3,(H,33,34);/q;+1/p-1. The van der Waals surface area contributed by atoms with Crippen molar-refractivity contribution in [3.8, 4) is 22.6 Å². The van der Waals surface area contributed by atoms with E-state index in [1.165, 1.54) is 49.7 Å². The van der Waals surface area contributed by atoms with E-state index in [0.29, 0.717) is 24.9 Å². The third-order valence-electron chi connectivity index (χ3n) is 6.30. The van der Waals surface area contributed by atoms with Crippen LogP contribution < -0.4 is 44.1 Å². The molecule has 7 heteroatoms. The number of carbonyl (C=O) groups is 1. The number of aromatic carboxylic acids is 1. The molecule has 0 aliphatic carbocycles. The Hall–Kier alpha value is -2.64. The molecule has 5 nitrogen and oxygen atoms in total. The molecule has 0 atom stereocenters. The zero-order valence-electron chi connectivity index (χ0n) is 22.3. The van der Waals surface area contributed by atoms with E-state index in [1.54, 1.807) is 11.3 Å². The number of ether oxygens (including phenoxy) is 2. The molecular formula is C31H32NNaO4S. The third kappa shape index (κ3) is 8.43. The maximum absolute atomic E-state index is 11.0. The van der Waals surface area contributed by atoms with Crippen LogP contribution in [0.15, 0.2) is 78.4 Å². The molecule has 0 fully saturated rings. The Morgan fingerprint density at radius 2 is 1.55 bits per heavy atom. The molecule has 4 aromatic rings. The molecule has 192 valence electrons. The SMILES string of the molecule is CCCC(CCC)c1ccc(OCc2ccc(-c3csc(COc4cncc(C(=O)[O-])c4)c3)cc2)cc1.[Na+]. The van der Waals surface area contributed by atoms with Gasteiger partial charge in [0.15, 0.2) is 0 Å². The summed E-state index contributed by atoms with van der Waals surface area (Å²) in [6, 6.07) is 20.5. The van der Waals surface area contributed by atoms with Crippen LogP contribution in [0.4, 0.5) is 0 Å². The van der Waals surface area contributed by atoms with Crippen molar-refractivity contribution in [2.75, 3.05) is 0 Å². The van der Waals surface area contributed by atoms with Gasteiger partial charge in [0, 0.05) is 16.6 Å². The van der Waals surface area contributed by atoms with Gasteiger partial charge in [-0.15, -0.1) is 11.3 Å². The summed E-state index contributed by atoms with van der Waals surface area (Å²) < 4.78 is 11.7. The molecule has 2 heterocycles. The summed E-state index contributed by atoms with van der Waals surface area (Å²) in [6.07, 6.45) is 7.61. The Labute approximate surface area is 251 Å². The molecule has 2 aromatic carbocycles. The Kier molecular flexibility index (Phi) is 11.9. The monoisotopic (exact) mass is 537 g/mol. The third-order valence-corrected chi connectivity index (χ3v) is 7.21. The van der Waals surface area contributed by atoms with Gasteiger partial charge in [0.05, 0.1) is 12.2 Å². The molecule has 0 N–H and O–H groups in total. The van der Waals surface area contributed by atoms with Crippen LogP contribution in [-0.4, -0.2) is 11.0 Å². The average Bonchev–Trinajstić information content (AvgIpc) is 3.40. The smallest absolute Gasteiger partial charge is 0.545 e. The Bertz CT molecular complexity index is 1280. The molecule has 0 saturated heterocycles. The second-order valence-corrected chi connectivity index (χ2v) is 10.1. The first-order valence-electron chi connectivity index (χ1n) is 12.7. The summed E-state index contributed by atoms with van der Waals surface area (Å²) in [5, 5.41) is 13.1.